The summed E-state index contributed by atoms with van der Waals surface area (Å²) >= 11 is 5.73. The minimum Gasteiger partial charge on any atom is -0.122 e. The fourth-order valence-electron chi connectivity index (χ4n) is 1.47. The fourth-order valence-corrected chi connectivity index (χ4v) is 1.65. The van der Waals surface area contributed by atoms with E-state index in [0.29, 0.717) is 5.88 Å². The van der Waals surface area contributed by atoms with Gasteiger partial charge in [0.2, 0.25) is 0 Å². The van der Waals surface area contributed by atoms with Crippen LogP contribution in [0.1, 0.15) is 16.7 Å². The highest BCUT2D eigenvalue weighted by Crippen LogP contribution is 2.10. The molecule has 2 aromatic carbocycles. The van der Waals surface area contributed by atoms with E-state index in [9.17, 15) is 0 Å². The molecule has 0 bridgehead atoms. The Kier molecular flexibility index (Phi) is 3.79. The van der Waals surface area contributed by atoms with Crippen LogP contribution >= 0.6 is 11.6 Å². The molecule has 0 nitrogen and oxygen atoms in total. The zero-order valence-corrected chi connectivity index (χ0v) is 9.69. The number of halogens is 1. The van der Waals surface area contributed by atoms with E-state index in [-0.39, 0.29) is 0 Å². The molecule has 1 heteroatoms. The molecule has 16 heavy (non-hydrogen) atoms. The highest BCUT2D eigenvalue weighted by Gasteiger charge is 1.90. The topological polar surface area (TPSA) is 0 Å². The van der Waals surface area contributed by atoms with Crippen LogP contribution in [0, 0.1) is 0 Å². The summed E-state index contributed by atoms with van der Waals surface area (Å²) in [5.74, 6) is 0.572. The summed E-state index contributed by atoms with van der Waals surface area (Å²) in [6.07, 6.45) is 4.21. The van der Waals surface area contributed by atoms with E-state index < -0.39 is 0 Å². The largest absolute Gasteiger partial charge is 0.122 e. The van der Waals surface area contributed by atoms with Crippen molar-refractivity contribution in [2.45, 2.75) is 5.88 Å². The molecule has 0 radical (unpaired) electrons. The predicted molar refractivity (Wildman–Crippen MR) is 71.4 cm³/mol. The smallest absolute Gasteiger partial charge is 0.0474 e. The summed E-state index contributed by atoms with van der Waals surface area (Å²) in [6, 6.07) is 18.5. The number of alkyl halides is 1. The summed E-state index contributed by atoms with van der Waals surface area (Å²) in [4.78, 5) is 0. The Morgan fingerprint density at radius 2 is 1.31 bits per heavy atom. The van der Waals surface area contributed by atoms with Gasteiger partial charge in [-0.2, -0.15) is 0 Å². The van der Waals surface area contributed by atoms with Gasteiger partial charge in [-0.1, -0.05) is 66.7 Å². The number of rotatable bonds is 3. The van der Waals surface area contributed by atoms with Crippen molar-refractivity contribution in [3.63, 3.8) is 0 Å². The van der Waals surface area contributed by atoms with E-state index in [2.05, 4.69) is 48.6 Å². The van der Waals surface area contributed by atoms with Crippen LogP contribution in [0.2, 0.25) is 0 Å². The molecule has 80 valence electrons. The molecule has 0 aliphatic heterocycles. The predicted octanol–water partition coefficient (Wildman–Crippen LogP) is 4.60. The molecule has 0 saturated heterocycles. The Labute approximate surface area is 101 Å². The lowest BCUT2D eigenvalue weighted by Gasteiger charge is -1.96. The third kappa shape index (κ3) is 2.98. The first-order chi connectivity index (χ1) is 7.88. The van der Waals surface area contributed by atoms with Crippen molar-refractivity contribution in [2.75, 3.05) is 0 Å². The van der Waals surface area contributed by atoms with E-state index >= 15 is 0 Å². The Hall–Kier alpha value is -1.53. The van der Waals surface area contributed by atoms with Gasteiger partial charge in [0.1, 0.15) is 0 Å². The molecular weight excluding hydrogens is 216 g/mol. The van der Waals surface area contributed by atoms with E-state index in [1.807, 2.05) is 18.2 Å². The number of hydrogen-bond donors (Lipinski definition) is 0. The van der Waals surface area contributed by atoms with E-state index in [1.165, 1.54) is 11.1 Å². The van der Waals surface area contributed by atoms with Gasteiger partial charge in [-0.25, -0.2) is 0 Å². The summed E-state index contributed by atoms with van der Waals surface area (Å²) in [7, 11) is 0. The van der Waals surface area contributed by atoms with Crippen LogP contribution in [-0.4, -0.2) is 0 Å². The van der Waals surface area contributed by atoms with Crippen LogP contribution < -0.4 is 0 Å². The third-order valence-corrected chi connectivity index (χ3v) is 2.71. The maximum absolute atomic E-state index is 5.73. The number of benzene rings is 2. The molecule has 2 aromatic rings. The zero-order chi connectivity index (χ0) is 11.2. The SMILES string of the molecule is ClCc1ccc(C=Cc2ccccc2)cc1. The molecule has 0 N–H and O–H groups in total. The molecule has 0 spiro atoms. The molecule has 0 amide bonds. The van der Waals surface area contributed by atoms with E-state index in [1.54, 1.807) is 0 Å². The van der Waals surface area contributed by atoms with Crippen molar-refractivity contribution in [3.8, 4) is 0 Å². The Morgan fingerprint density at radius 3 is 1.88 bits per heavy atom. The molecule has 0 aliphatic carbocycles. The Bertz CT molecular complexity index is 455. The monoisotopic (exact) mass is 228 g/mol. The normalized spacial score (nSPS) is 10.8. The lowest BCUT2D eigenvalue weighted by molar-refractivity contribution is 1.40. The molecule has 0 aliphatic rings. The summed E-state index contributed by atoms with van der Waals surface area (Å²) < 4.78 is 0. The molecule has 0 saturated carbocycles. The van der Waals surface area contributed by atoms with Crippen molar-refractivity contribution in [1.29, 1.82) is 0 Å². The molecule has 2 rings (SSSR count). The van der Waals surface area contributed by atoms with Gasteiger partial charge in [-0.3, -0.25) is 0 Å². The molecule has 0 atom stereocenters. The van der Waals surface area contributed by atoms with Gasteiger partial charge in [0.25, 0.3) is 0 Å². The summed E-state index contributed by atoms with van der Waals surface area (Å²) in [5, 5.41) is 0. The van der Waals surface area contributed by atoms with Crippen LogP contribution in [-0.2, 0) is 5.88 Å². The van der Waals surface area contributed by atoms with Crippen LogP contribution in [0.25, 0.3) is 12.2 Å². The van der Waals surface area contributed by atoms with Crippen molar-refractivity contribution < 1.29 is 0 Å². The number of hydrogen-bond acceptors (Lipinski definition) is 0. The summed E-state index contributed by atoms with van der Waals surface area (Å²) in [6.45, 7) is 0. The van der Waals surface area contributed by atoms with E-state index in [0.717, 1.165) is 5.56 Å². The van der Waals surface area contributed by atoms with E-state index in [4.69, 9.17) is 11.6 Å². The Balaban J connectivity index is 2.12. The highest BCUT2D eigenvalue weighted by atomic mass is 35.5. The molecular formula is C15H13Cl. The highest BCUT2D eigenvalue weighted by molar-refractivity contribution is 6.17. The van der Waals surface area contributed by atoms with Crippen molar-refractivity contribution in [1.82, 2.24) is 0 Å². The second-order valence-electron chi connectivity index (χ2n) is 3.62. The zero-order valence-electron chi connectivity index (χ0n) is 8.94. The van der Waals surface area contributed by atoms with Crippen molar-refractivity contribution in [2.24, 2.45) is 0 Å². The third-order valence-electron chi connectivity index (χ3n) is 2.40. The van der Waals surface area contributed by atoms with Crippen molar-refractivity contribution >= 4 is 23.8 Å². The molecule has 0 aromatic heterocycles. The maximum atomic E-state index is 5.73. The second-order valence-corrected chi connectivity index (χ2v) is 3.89. The lowest BCUT2D eigenvalue weighted by atomic mass is 10.1. The molecule has 0 unspecified atom stereocenters. The first-order valence-corrected chi connectivity index (χ1v) is 5.80. The fraction of sp³-hybridized carbons (Fsp3) is 0.0667. The minimum absolute atomic E-state index is 0.572. The van der Waals surface area contributed by atoms with Crippen molar-refractivity contribution in [3.05, 3.63) is 71.3 Å². The summed E-state index contributed by atoms with van der Waals surface area (Å²) in [5.41, 5.74) is 3.56. The standard InChI is InChI=1S/C15H13Cl/c16-12-15-10-8-14(9-11-15)7-6-13-4-2-1-3-5-13/h1-11H,12H2. The first-order valence-electron chi connectivity index (χ1n) is 5.26. The molecule has 0 heterocycles. The van der Waals surface area contributed by atoms with Gasteiger partial charge in [-0.05, 0) is 16.7 Å². The van der Waals surface area contributed by atoms with Gasteiger partial charge in [0, 0.05) is 5.88 Å². The molecule has 0 fully saturated rings. The second kappa shape index (κ2) is 5.53. The van der Waals surface area contributed by atoms with Crippen LogP contribution in [0.3, 0.4) is 0 Å². The quantitative estimate of drug-likeness (QED) is 0.532. The first kappa shape index (κ1) is 11.0. The van der Waals surface area contributed by atoms with Gasteiger partial charge in [0.15, 0.2) is 0 Å². The Morgan fingerprint density at radius 1 is 0.750 bits per heavy atom. The van der Waals surface area contributed by atoms with Gasteiger partial charge >= 0.3 is 0 Å². The average molecular weight is 229 g/mol. The van der Waals surface area contributed by atoms with Crippen LogP contribution in [0.15, 0.2) is 54.6 Å². The average Bonchev–Trinajstić information content (AvgIpc) is 2.38. The van der Waals surface area contributed by atoms with Gasteiger partial charge in [-0.15, -0.1) is 11.6 Å². The minimum atomic E-state index is 0.572. The van der Waals surface area contributed by atoms with Gasteiger partial charge < -0.3 is 0 Å². The maximum Gasteiger partial charge on any atom is 0.0474 e. The van der Waals surface area contributed by atoms with Gasteiger partial charge in [0.05, 0.1) is 0 Å². The lowest BCUT2D eigenvalue weighted by Crippen LogP contribution is -1.77. The van der Waals surface area contributed by atoms with Crippen LogP contribution in [0.5, 0.6) is 0 Å². The van der Waals surface area contributed by atoms with Crippen LogP contribution in [0.4, 0.5) is 0 Å².